The number of carboxylic acid groups (broad SMARTS) is 1. The zero-order valence-electron chi connectivity index (χ0n) is 40.0. The summed E-state index contributed by atoms with van der Waals surface area (Å²) in [7, 11) is -9.43. The molecule has 0 bridgehead atoms. The van der Waals surface area contributed by atoms with Gasteiger partial charge in [-0.2, -0.15) is 4.58 Å². The number of hydrogen-bond donors (Lipinski definition) is 2. The monoisotopic (exact) mass is 999 g/mol. The van der Waals surface area contributed by atoms with Crippen LogP contribution in [0.2, 0.25) is 0 Å². The van der Waals surface area contributed by atoms with Gasteiger partial charge in [0.25, 0.3) is 0 Å². The number of carboxylic acids is 1. The summed E-state index contributed by atoms with van der Waals surface area (Å²) in [5, 5.41) is 11.8. The number of hydrogen-bond acceptors (Lipinski definition) is 10. The molecular weight excluding hydrogens is 942 g/mol. The minimum absolute atomic E-state index is 0. The number of terminal acetylenes is 2. The molecule has 1 amide bonds. The van der Waals surface area contributed by atoms with Crippen LogP contribution < -0.4 is 66.3 Å². The van der Waals surface area contributed by atoms with E-state index in [0.717, 1.165) is 66.0 Å². The van der Waals surface area contributed by atoms with Crippen molar-refractivity contribution in [3.63, 3.8) is 0 Å². The van der Waals surface area contributed by atoms with Crippen LogP contribution in [0.3, 0.4) is 0 Å². The van der Waals surface area contributed by atoms with Crippen LogP contribution in [-0.4, -0.2) is 66.3 Å². The fourth-order valence-electron chi connectivity index (χ4n) is 9.15. The number of ether oxygens (including phenoxy) is 1. The maximum absolute atomic E-state index is 12.6. The number of carbonyl (C=O) groups is 2. The zero-order valence-corrected chi connectivity index (χ0v) is 44.7. The first-order chi connectivity index (χ1) is 32.2. The van der Waals surface area contributed by atoms with Gasteiger partial charge in [-0.3, -0.25) is 9.59 Å². The van der Waals surface area contributed by atoms with E-state index in [1.165, 1.54) is 24.3 Å². The quantitative estimate of drug-likeness (QED) is 0.0421. The van der Waals surface area contributed by atoms with Crippen molar-refractivity contribution in [1.29, 1.82) is 0 Å². The van der Waals surface area contributed by atoms with Gasteiger partial charge in [-0.25, -0.2) is 16.8 Å². The molecular formula is C53H58KN3O10S2. The van der Waals surface area contributed by atoms with Crippen LogP contribution in [0.4, 0.5) is 17.1 Å². The second kappa shape index (κ2) is 23.5. The SMILES string of the molecule is C#CCCCCN1C(=C/C=C2\CCCC(/C=C/C3=[N+](CCCCC#C)c4ccc(S(=O)(=O)[O-])cc4C3(C)C)=C2Oc2ccc(NC(=O)CCCC(=O)O)cc2)C(C)(C)c2cc(S(=O)(=O)[O-])ccc21.[K+]. The third-order valence-electron chi connectivity index (χ3n) is 12.7. The molecule has 2 heterocycles. The van der Waals surface area contributed by atoms with Gasteiger partial charge in [0.15, 0.2) is 5.71 Å². The van der Waals surface area contributed by atoms with Gasteiger partial charge in [-0.05, 0) is 142 Å². The number of anilines is 2. The van der Waals surface area contributed by atoms with Crippen LogP contribution in [0.1, 0.15) is 116 Å². The van der Waals surface area contributed by atoms with Gasteiger partial charge in [-0.15, -0.1) is 24.7 Å². The Labute approximate surface area is 449 Å². The molecule has 0 radical (unpaired) electrons. The molecule has 0 spiro atoms. The van der Waals surface area contributed by atoms with E-state index in [2.05, 4.69) is 26.6 Å². The van der Waals surface area contributed by atoms with Crippen molar-refractivity contribution in [2.45, 2.75) is 125 Å². The zero-order chi connectivity index (χ0) is 49.4. The van der Waals surface area contributed by atoms with Crippen LogP contribution in [0.15, 0.2) is 117 Å². The van der Waals surface area contributed by atoms with E-state index in [4.69, 9.17) is 22.7 Å². The molecule has 0 atom stereocenters. The maximum Gasteiger partial charge on any atom is 1.00 e. The number of carbonyl (C=O) groups excluding carboxylic acids is 1. The van der Waals surface area contributed by atoms with Crippen molar-refractivity contribution in [2.24, 2.45) is 0 Å². The first-order valence-electron chi connectivity index (χ1n) is 22.8. The minimum Gasteiger partial charge on any atom is -0.744 e. The molecule has 3 aromatic rings. The molecule has 358 valence electrons. The first-order valence-corrected chi connectivity index (χ1v) is 25.6. The van der Waals surface area contributed by atoms with E-state index in [0.29, 0.717) is 67.1 Å². The van der Waals surface area contributed by atoms with Gasteiger partial charge in [0.1, 0.15) is 38.3 Å². The molecule has 0 fully saturated rings. The number of nitrogens with zero attached hydrogens (tertiary/aromatic N) is 2. The predicted molar refractivity (Wildman–Crippen MR) is 261 cm³/mol. The Bertz CT molecular complexity index is 2930. The summed E-state index contributed by atoms with van der Waals surface area (Å²) >= 11 is 0. The van der Waals surface area contributed by atoms with Gasteiger partial charge in [0, 0.05) is 78.8 Å². The summed E-state index contributed by atoms with van der Waals surface area (Å²) in [6.45, 7) is 9.20. The van der Waals surface area contributed by atoms with Gasteiger partial charge in [-0.1, -0.05) is 19.9 Å². The van der Waals surface area contributed by atoms with Crippen molar-refractivity contribution in [1.82, 2.24) is 0 Å². The summed E-state index contributed by atoms with van der Waals surface area (Å²) in [6.07, 6.45) is 25.8. The van der Waals surface area contributed by atoms with Gasteiger partial charge in [0.05, 0.1) is 15.2 Å². The Morgan fingerprint density at radius 3 is 2.09 bits per heavy atom. The van der Waals surface area contributed by atoms with Crippen molar-refractivity contribution in [3.05, 3.63) is 119 Å². The molecule has 69 heavy (non-hydrogen) atoms. The molecule has 0 saturated heterocycles. The number of benzene rings is 3. The second-order valence-corrected chi connectivity index (χ2v) is 21.0. The van der Waals surface area contributed by atoms with E-state index >= 15 is 0 Å². The molecule has 0 unspecified atom stereocenters. The van der Waals surface area contributed by atoms with Crippen molar-refractivity contribution >= 4 is 54.9 Å². The normalized spacial score (nSPS) is 17.4. The number of allylic oxidation sites excluding steroid dienone is 7. The third-order valence-corrected chi connectivity index (χ3v) is 14.4. The van der Waals surface area contributed by atoms with Crippen molar-refractivity contribution in [2.75, 3.05) is 23.3 Å². The van der Waals surface area contributed by atoms with E-state index < -0.39 is 37.0 Å². The van der Waals surface area contributed by atoms with Crippen molar-refractivity contribution in [3.8, 4) is 30.4 Å². The van der Waals surface area contributed by atoms with Crippen LogP contribution in [0.25, 0.3) is 0 Å². The van der Waals surface area contributed by atoms with E-state index in [9.17, 15) is 35.5 Å². The Morgan fingerprint density at radius 1 is 0.812 bits per heavy atom. The summed E-state index contributed by atoms with van der Waals surface area (Å²) < 4.78 is 82.0. The summed E-state index contributed by atoms with van der Waals surface area (Å²) in [6, 6.07) is 15.9. The van der Waals surface area contributed by atoms with E-state index in [1.807, 2.05) is 52.0 Å². The van der Waals surface area contributed by atoms with Gasteiger partial charge in [0.2, 0.25) is 11.6 Å². The van der Waals surface area contributed by atoms with Crippen LogP contribution in [0, 0.1) is 24.7 Å². The summed E-state index contributed by atoms with van der Waals surface area (Å²) in [4.78, 5) is 25.1. The number of unbranched alkanes of at least 4 members (excludes halogenated alkanes) is 4. The second-order valence-electron chi connectivity index (χ2n) is 18.2. The fourth-order valence-corrected chi connectivity index (χ4v) is 10.1. The maximum atomic E-state index is 12.6. The average Bonchev–Trinajstić information content (AvgIpc) is 3.62. The topological polar surface area (TPSA) is 196 Å². The Morgan fingerprint density at radius 2 is 1.45 bits per heavy atom. The fraction of sp³-hybridized carbons (Fsp3) is 0.377. The number of nitrogens with one attached hydrogen (secondary N) is 1. The first kappa shape index (κ1) is 55.3. The Kier molecular flexibility index (Phi) is 18.9. The molecule has 0 aromatic heterocycles. The standard InChI is InChI=1S/C53H59N3O10S2.K/c1-7-9-11-13-33-55-45-29-27-41(67(60,61)62)35-43(45)52(3,4)47(55)31-21-37-17-15-18-38(51(37)66-40-25-23-39(24-26-40)54-49(57)19-16-20-50(58)59)22-32-48-53(5,6)44-36-42(68(63,64)65)28-30-46(44)56(48)34-14-12-10-8-2;/h1-2,21-32,35-36H,9-20,33-34H2,3-6H3,(H3-,54,57,58,59,60,61,62,63,64,65);/q;+1/p-1. The smallest absolute Gasteiger partial charge is 0.744 e. The molecule has 1 aliphatic carbocycles. The number of fused-ring (bicyclic) bond motifs is 2. The van der Waals surface area contributed by atoms with Gasteiger partial charge >= 0.3 is 57.4 Å². The Hall–Kier alpha value is -4.59. The molecule has 13 nitrogen and oxygen atoms in total. The molecule has 16 heteroatoms. The third kappa shape index (κ3) is 13.4. The predicted octanol–water partition coefficient (Wildman–Crippen LogP) is 6.36. The molecule has 2 N–H and O–H groups in total. The summed E-state index contributed by atoms with van der Waals surface area (Å²) in [5.41, 5.74) is 5.71. The largest absolute Gasteiger partial charge is 1.00 e. The Balaban J connectivity index is 0.00000888. The summed E-state index contributed by atoms with van der Waals surface area (Å²) in [5.74, 6) is 5.22. The molecule has 3 aromatic carbocycles. The van der Waals surface area contributed by atoms with Crippen LogP contribution in [0.5, 0.6) is 5.75 Å². The molecule has 0 saturated carbocycles. The number of rotatable bonds is 20. The number of aliphatic carboxylic acids is 1. The molecule has 2 aliphatic heterocycles. The molecule has 6 rings (SSSR count). The number of amides is 1. The van der Waals surface area contributed by atoms with Crippen LogP contribution in [-0.2, 0) is 40.7 Å². The molecule has 3 aliphatic rings. The minimum atomic E-state index is -4.72. The van der Waals surface area contributed by atoms with E-state index in [-0.39, 0.29) is 86.3 Å². The van der Waals surface area contributed by atoms with Crippen LogP contribution >= 0.6 is 0 Å². The van der Waals surface area contributed by atoms with Gasteiger partial charge < -0.3 is 29.2 Å². The van der Waals surface area contributed by atoms with Crippen molar-refractivity contribution < 1.29 is 101 Å². The average molecular weight is 1000 g/mol. The van der Waals surface area contributed by atoms with E-state index in [1.54, 1.807) is 36.4 Å².